The molecule has 0 saturated heterocycles. The molecule has 0 aliphatic heterocycles. The fraction of sp³-hybridized carbons (Fsp3) is 0.500. The largest absolute Gasteiger partial charge is 0.355 e. The smallest absolute Gasteiger partial charge is 0.238 e. The van der Waals surface area contributed by atoms with Crippen LogP contribution in [0.5, 0.6) is 0 Å². The number of likely N-dealkylation sites (N-methyl/N-ethyl adjacent to an activating group) is 1. The Morgan fingerprint density at radius 1 is 1.14 bits per heavy atom. The molecule has 0 atom stereocenters. The standard InChI is InChI=1S/C16H25N3O2/c1-5-9-17-15(20)10-19(4)11-16(21)18-14-8-6-7-12(2)13(14)3/h6-8H,5,9-11H2,1-4H3,(H,17,20)(H,18,21). The second-order valence-electron chi connectivity index (χ2n) is 5.32. The van der Waals surface area contributed by atoms with E-state index < -0.39 is 0 Å². The van der Waals surface area contributed by atoms with Crippen molar-refractivity contribution in [2.45, 2.75) is 27.2 Å². The third kappa shape index (κ3) is 5.95. The lowest BCUT2D eigenvalue weighted by molar-refractivity contribution is -0.122. The zero-order valence-electron chi connectivity index (χ0n) is 13.3. The molecule has 21 heavy (non-hydrogen) atoms. The Morgan fingerprint density at radius 2 is 1.81 bits per heavy atom. The fourth-order valence-corrected chi connectivity index (χ4v) is 1.94. The van der Waals surface area contributed by atoms with Crippen LogP contribution in [0.3, 0.4) is 0 Å². The van der Waals surface area contributed by atoms with Crippen LogP contribution in [0.15, 0.2) is 18.2 Å². The SMILES string of the molecule is CCCNC(=O)CN(C)CC(=O)Nc1cccc(C)c1C. The Kier molecular flexibility index (Phi) is 6.88. The van der Waals surface area contributed by atoms with E-state index in [9.17, 15) is 9.59 Å². The Balaban J connectivity index is 2.46. The van der Waals surface area contributed by atoms with Crippen LogP contribution in [0.2, 0.25) is 0 Å². The van der Waals surface area contributed by atoms with E-state index in [0.29, 0.717) is 6.54 Å². The number of nitrogens with zero attached hydrogens (tertiary/aromatic N) is 1. The Morgan fingerprint density at radius 3 is 2.48 bits per heavy atom. The highest BCUT2D eigenvalue weighted by Gasteiger charge is 2.11. The number of anilines is 1. The van der Waals surface area contributed by atoms with E-state index >= 15 is 0 Å². The minimum Gasteiger partial charge on any atom is -0.355 e. The summed E-state index contributed by atoms with van der Waals surface area (Å²) in [6, 6.07) is 5.81. The lowest BCUT2D eigenvalue weighted by atomic mass is 10.1. The predicted octanol–water partition coefficient (Wildman–Crippen LogP) is 1.70. The molecular weight excluding hydrogens is 266 g/mol. The number of nitrogens with one attached hydrogen (secondary N) is 2. The van der Waals surface area contributed by atoms with Gasteiger partial charge < -0.3 is 10.6 Å². The Labute approximate surface area is 126 Å². The van der Waals surface area contributed by atoms with Gasteiger partial charge in [-0.1, -0.05) is 19.1 Å². The minimum atomic E-state index is -0.116. The molecule has 2 N–H and O–H groups in total. The summed E-state index contributed by atoms with van der Waals surface area (Å²) >= 11 is 0. The molecule has 2 amide bonds. The number of carbonyl (C=O) groups excluding carboxylic acids is 2. The summed E-state index contributed by atoms with van der Waals surface area (Å²) in [5.41, 5.74) is 3.03. The van der Waals surface area contributed by atoms with Crippen molar-refractivity contribution in [2.24, 2.45) is 0 Å². The summed E-state index contributed by atoms with van der Waals surface area (Å²) in [7, 11) is 1.76. The molecular formula is C16H25N3O2. The number of carbonyl (C=O) groups is 2. The molecule has 0 aromatic heterocycles. The molecule has 0 unspecified atom stereocenters. The van der Waals surface area contributed by atoms with Crippen molar-refractivity contribution >= 4 is 17.5 Å². The molecule has 5 nitrogen and oxygen atoms in total. The van der Waals surface area contributed by atoms with Crippen molar-refractivity contribution in [3.63, 3.8) is 0 Å². The first-order valence-electron chi connectivity index (χ1n) is 7.25. The first kappa shape index (κ1) is 17.2. The summed E-state index contributed by atoms with van der Waals surface area (Å²) < 4.78 is 0. The van der Waals surface area contributed by atoms with Crippen molar-refractivity contribution in [3.8, 4) is 0 Å². The molecule has 1 aromatic rings. The molecule has 0 fully saturated rings. The van der Waals surface area contributed by atoms with Gasteiger partial charge in [-0.25, -0.2) is 0 Å². The number of rotatable bonds is 7. The van der Waals surface area contributed by atoms with Gasteiger partial charge in [0.1, 0.15) is 0 Å². The second-order valence-corrected chi connectivity index (χ2v) is 5.32. The first-order chi connectivity index (χ1) is 9.93. The van der Waals surface area contributed by atoms with Crippen LogP contribution in [-0.4, -0.2) is 43.4 Å². The van der Waals surface area contributed by atoms with E-state index in [0.717, 1.165) is 23.2 Å². The van der Waals surface area contributed by atoms with E-state index in [1.54, 1.807) is 11.9 Å². The van der Waals surface area contributed by atoms with Crippen molar-refractivity contribution in [1.29, 1.82) is 0 Å². The molecule has 1 rings (SSSR count). The van der Waals surface area contributed by atoms with Gasteiger partial charge >= 0.3 is 0 Å². The number of hydrogen-bond acceptors (Lipinski definition) is 3. The fourth-order valence-electron chi connectivity index (χ4n) is 1.94. The maximum absolute atomic E-state index is 12.0. The number of amides is 2. The maximum atomic E-state index is 12.0. The average molecular weight is 291 g/mol. The summed E-state index contributed by atoms with van der Waals surface area (Å²) in [5.74, 6) is -0.173. The van der Waals surface area contributed by atoms with Crippen LogP contribution in [0.1, 0.15) is 24.5 Å². The molecule has 0 aliphatic carbocycles. The van der Waals surface area contributed by atoms with Crippen LogP contribution >= 0.6 is 0 Å². The Hall–Kier alpha value is -1.88. The van der Waals surface area contributed by atoms with Gasteiger partial charge in [0, 0.05) is 12.2 Å². The van der Waals surface area contributed by atoms with Gasteiger partial charge in [-0.05, 0) is 44.5 Å². The van der Waals surface area contributed by atoms with Crippen molar-refractivity contribution in [1.82, 2.24) is 10.2 Å². The highest BCUT2D eigenvalue weighted by atomic mass is 16.2. The highest BCUT2D eigenvalue weighted by Crippen LogP contribution is 2.17. The number of hydrogen-bond donors (Lipinski definition) is 2. The lowest BCUT2D eigenvalue weighted by Gasteiger charge is -2.17. The third-order valence-electron chi connectivity index (χ3n) is 3.28. The van der Waals surface area contributed by atoms with Gasteiger partial charge in [0.15, 0.2) is 0 Å². The molecule has 0 bridgehead atoms. The van der Waals surface area contributed by atoms with Crippen molar-refractivity contribution < 1.29 is 9.59 Å². The van der Waals surface area contributed by atoms with Gasteiger partial charge in [0.25, 0.3) is 0 Å². The second kappa shape index (κ2) is 8.42. The maximum Gasteiger partial charge on any atom is 0.238 e. The van der Waals surface area contributed by atoms with E-state index in [1.807, 2.05) is 39.0 Å². The minimum absolute atomic E-state index is 0.0566. The van der Waals surface area contributed by atoms with E-state index in [-0.39, 0.29) is 24.9 Å². The van der Waals surface area contributed by atoms with Gasteiger partial charge in [-0.2, -0.15) is 0 Å². The number of aryl methyl sites for hydroxylation is 1. The zero-order valence-corrected chi connectivity index (χ0v) is 13.3. The lowest BCUT2D eigenvalue weighted by Crippen LogP contribution is -2.39. The number of benzene rings is 1. The van der Waals surface area contributed by atoms with Crippen LogP contribution in [0, 0.1) is 13.8 Å². The molecule has 0 spiro atoms. The summed E-state index contributed by atoms with van der Waals surface area (Å²) in [5, 5.41) is 5.68. The monoisotopic (exact) mass is 291 g/mol. The third-order valence-corrected chi connectivity index (χ3v) is 3.28. The van der Waals surface area contributed by atoms with Gasteiger partial charge in [0.05, 0.1) is 13.1 Å². The molecule has 5 heteroatoms. The van der Waals surface area contributed by atoms with Gasteiger partial charge in [0.2, 0.25) is 11.8 Å². The Bertz CT molecular complexity index is 500. The summed E-state index contributed by atoms with van der Waals surface area (Å²) in [6.45, 7) is 7.07. The normalized spacial score (nSPS) is 10.5. The van der Waals surface area contributed by atoms with Crippen molar-refractivity contribution in [2.75, 3.05) is 32.0 Å². The van der Waals surface area contributed by atoms with E-state index in [1.165, 1.54) is 0 Å². The predicted molar refractivity (Wildman–Crippen MR) is 85.3 cm³/mol. The molecule has 0 heterocycles. The van der Waals surface area contributed by atoms with Crippen LogP contribution < -0.4 is 10.6 Å². The van der Waals surface area contributed by atoms with E-state index in [4.69, 9.17) is 0 Å². The first-order valence-corrected chi connectivity index (χ1v) is 7.25. The molecule has 1 aromatic carbocycles. The van der Waals surface area contributed by atoms with Crippen LogP contribution in [0.4, 0.5) is 5.69 Å². The van der Waals surface area contributed by atoms with Crippen LogP contribution in [-0.2, 0) is 9.59 Å². The van der Waals surface area contributed by atoms with Crippen molar-refractivity contribution in [3.05, 3.63) is 29.3 Å². The van der Waals surface area contributed by atoms with Crippen LogP contribution in [0.25, 0.3) is 0 Å². The molecule has 0 radical (unpaired) electrons. The van der Waals surface area contributed by atoms with E-state index in [2.05, 4.69) is 10.6 Å². The van der Waals surface area contributed by atoms with Gasteiger partial charge in [-0.15, -0.1) is 0 Å². The quantitative estimate of drug-likeness (QED) is 0.804. The average Bonchev–Trinajstić information content (AvgIpc) is 2.41. The molecule has 0 aliphatic rings. The molecule has 116 valence electrons. The topological polar surface area (TPSA) is 61.4 Å². The van der Waals surface area contributed by atoms with Gasteiger partial charge in [-0.3, -0.25) is 14.5 Å². The summed E-state index contributed by atoms with van der Waals surface area (Å²) in [4.78, 5) is 25.3. The highest BCUT2D eigenvalue weighted by molar-refractivity contribution is 5.93. The molecule has 0 saturated carbocycles. The zero-order chi connectivity index (χ0) is 15.8. The summed E-state index contributed by atoms with van der Waals surface area (Å²) in [6.07, 6.45) is 0.905.